The zero-order valence-corrected chi connectivity index (χ0v) is 20.3. The Hall–Kier alpha value is -3.49. The van der Waals surface area contributed by atoms with Gasteiger partial charge in [0, 0.05) is 24.5 Å². The van der Waals surface area contributed by atoms with E-state index < -0.39 is 15.6 Å². The smallest absolute Gasteiger partial charge is 0.256 e. The minimum atomic E-state index is -3.45. The Labute approximate surface area is 198 Å². The van der Waals surface area contributed by atoms with Crippen LogP contribution in [-0.2, 0) is 10.0 Å². The van der Waals surface area contributed by atoms with Crippen LogP contribution in [0.15, 0.2) is 36.9 Å². The summed E-state index contributed by atoms with van der Waals surface area (Å²) < 4.78 is 25.8. The van der Waals surface area contributed by atoms with E-state index >= 15 is 0 Å². The van der Waals surface area contributed by atoms with Gasteiger partial charge >= 0.3 is 0 Å². The normalized spacial score (nSPS) is 13.9. The van der Waals surface area contributed by atoms with Gasteiger partial charge in [-0.3, -0.25) is 0 Å². The Morgan fingerprint density at radius 2 is 1.97 bits per heavy atom. The van der Waals surface area contributed by atoms with Gasteiger partial charge in [-0.2, -0.15) is 9.19 Å². The molecule has 11 heteroatoms. The maximum atomic E-state index is 12.4. The first-order chi connectivity index (χ1) is 16.0. The summed E-state index contributed by atoms with van der Waals surface area (Å²) >= 11 is 0. The molecule has 0 bridgehead atoms. The van der Waals surface area contributed by atoms with Crippen LogP contribution >= 0.6 is 0 Å². The third-order valence-electron chi connectivity index (χ3n) is 4.79. The second kappa shape index (κ2) is 9.04. The van der Waals surface area contributed by atoms with E-state index in [2.05, 4.69) is 42.5 Å². The lowest BCUT2D eigenvalue weighted by Crippen LogP contribution is -2.17. The van der Waals surface area contributed by atoms with Gasteiger partial charge in [0.1, 0.15) is 17.2 Å². The van der Waals surface area contributed by atoms with E-state index in [9.17, 15) is 13.5 Å². The van der Waals surface area contributed by atoms with Crippen LogP contribution in [0, 0.1) is 11.8 Å². The molecule has 1 fully saturated rings. The number of nitrogens with one attached hydrogen (secondary N) is 2. The van der Waals surface area contributed by atoms with Crippen molar-refractivity contribution in [3.63, 3.8) is 0 Å². The number of pyridine rings is 1. The SMILES string of the molecule is CC(C)Nc1cc(Nc2ccnc(-c3cnn(S(=O)(=O)C4CC4)c3)n2)ncc1C#CC(C)(C)O. The summed E-state index contributed by atoms with van der Waals surface area (Å²) in [4.78, 5) is 13.2. The highest BCUT2D eigenvalue weighted by atomic mass is 32.2. The first-order valence-corrected chi connectivity index (χ1v) is 12.4. The molecule has 178 valence electrons. The van der Waals surface area contributed by atoms with Crippen LogP contribution in [0.25, 0.3) is 11.4 Å². The summed E-state index contributed by atoms with van der Waals surface area (Å²) in [6.07, 6.45) is 7.41. The van der Waals surface area contributed by atoms with Crippen molar-refractivity contribution in [2.75, 3.05) is 10.6 Å². The molecule has 0 aromatic carbocycles. The van der Waals surface area contributed by atoms with Gasteiger partial charge in [-0.15, -0.1) is 0 Å². The minimum Gasteiger partial charge on any atom is -0.382 e. The molecule has 0 radical (unpaired) electrons. The van der Waals surface area contributed by atoms with Crippen LogP contribution in [0.5, 0.6) is 0 Å². The fourth-order valence-corrected chi connectivity index (χ4v) is 4.53. The molecule has 34 heavy (non-hydrogen) atoms. The Bertz CT molecular complexity index is 1360. The molecule has 3 aromatic rings. The Morgan fingerprint density at radius 3 is 2.65 bits per heavy atom. The second-order valence-corrected chi connectivity index (χ2v) is 11.0. The highest BCUT2D eigenvalue weighted by Gasteiger charge is 2.37. The average molecular weight is 482 g/mol. The van der Waals surface area contributed by atoms with Crippen LogP contribution in [0.1, 0.15) is 46.1 Å². The van der Waals surface area contributed by atoms with E-state index in [1.807, 2.05) is 19.9 Å². The number of aromatic nitrogens is 5. The number of hydrogen-bond donors (Lipinski definition) is 3. The minimum absolute atomic E-state index is 0.159. The summed E-state index contributed by atoms with van der Waals surface area (Å²) in [7, 11) is -3.45. The molecular formula is C23H27N7O3S. The first-order valence-electron chi connectivity index (χ1n) is 10.9. The van der Waals surface area contributed by atoms with E-state index in [0.29, 0.717) is 41.4 Å². The van der Waals surface area contributed by atoms with Gasteiger partial charge in [-0.05, 0) is 46.6 Å². The van der Waals surface area contributed by atoms with Crippen molar-refractivity contribution in [2.24, 2.45) is 0 Å². The van der Waals surface area contributed by atoms with Gasteiger partial charge in [0.25, 0.3) is 10.0 Å². The predicted molar refractivity (Wildman–Crippen MR) is 130 cm³/mol. The molecule has 1 saturated carbocycles. The van der Waals surface area contributed by atoms with Gasteiger partial charge < -0.3 is 15.7 Å². The zero-order valence-electron chi connectivity index (χ0n) is 19.4. The third-order valence-corrected chi connectivity index (χ3v) is 6.82. The topological polar surface area (TPSA) is 135 Å². The monoisotopic (exact) mass is 481 g/mol. The van der Waals surface area contributed by atoms with Gasteiger partial charge in [-0.25, -0.2) is 23.4 Å². The largest absolute Gasteiger partial charge is 0.382 e. The maximum absolute atomic E-state index is 12.4. The maximum Gasteiger partial charge on any atom is 0.256 e. The average Bonchev–Trinajstić information content (AvgIpc) is 3.49. The molecule has 3 aromatic heterocycles. The van der Waals surface area contributed by atoms with Gasteiger partial charge in [0.15, 0.2) is 5.82 Å². The van der Waals surface area contributed by atoms with Gasteiger partial charge in [-0.1, -0.05) is 11.8 Å². The highest BCUT2D eigenvalue weighted by molar-refractivity contribution is 7.90. The molecule has 0 unspecified atom stereocenters. The number of aliphatic hydroxyl groups is 1. The van der Waals surface area contributed by atoms with E-state index in [1.54, 1.807) is 32.3 Å². The quantitative estimate of drug-likeness (QED) is 0.435. The fraction of sp³-hybridized carbons (Fsp3) is 0.391. The third kappa shape index (κ3) is 5.70. The molecule has 0 amide bonds. The van der Waals surface area contributed by atoms with Crippen LogP contribution in [0.3, 0.4) is 0 Å². The summed E-state index contributed by atoms with van der Waals surface area (Å²) in [5.74, 6) is 7.14. The molecule has 0 aliphatic heterocycles. The molecular weight excluding hydrogens is 454 g/mol. The Balaban J connectivity index is 1.58. The Morgan fingerprint density at radius 1 is 1.21 bits per heavy atom. The van der Waals surface area contributed by atoms with E-state index in [0.717, 1.165) is 9.77 Å². The fourth-order valence-electron chi connectivity index (χ4n) is 3.05. The lowest BCUT2D eigenvalue weighted by Gasteiger charge is -2.14. The van der Waals surface area contributed by atoms with Crippen molar-refractivity contribution < 1.29 is 13.5 Å². The number of hydrogen-bond acceptors (Lipinski definition) is 9. The Kier molecular flexibility index (Phi) is 6.29. The van der Waals surface area contributed by atoms with Crippen molar-refractivity contribution in [3.05, 3.63) is 42.5 Å². The summed E-state index contributed by atoms with van der Waals surface area (Å²) in [5, 5.41) is 20.0. The summed E-state index contributed by atoms with van der Waals surface area (Å²) in [6, 6.07) is 3.66. The van der Waals surface area contributed by atoms with Crippen molar-refractivity contribution in [1.29, 1.82) is 0 Å². The molecule has 3 heterocycles. The molecule has 0 saturated heterocycles. The second-order valence-electron chi connectivity index (χ2n) is 8.96. The lowest BCUT2D eigenvalue weighted by molar-refractivity contribution is 0.143. The molecule has 1 aliphatic carbocycles. The van der Waals surface area contributed by atoms with Crippen molar-refractivity contribution in [3.8, 4) is 23.2 Å². The predicted octanol–water partition coefficient (Wildman–Crippen LogP) is 2.76. The van der Waals surface area contributed by atoms with E-state index in [1.165, 1.54) is 12.4 Å². The molecule has 0 atom stereocenters. The zero-order chi connectivity index (χ0) is 24.5. The van der Waals surface area contributed by atoms with Crippen LogP contribution in [0.2, 0.25) is 0 Å². The van der Waals surface area contributed by atoms with E-state index in [4.69, 9.17) is 0 Å². The van der Waals surface area contributed by atoms with Crippen molar-refractivity contribution in [2.45, 2.75) is 57.4 Å². The van der Waals surface area contributed by atoms with Crippen molar-refractivity contribution in [1.82, 2.24) is 24.1 Å². The highest BCUT2D eigenvalue weighted by Crippen LogP contribution is 2.30. The van der Waals surface area contributed by atoms with Crippen LogP contribution in [0.4, 0.5) is 17.3 Å². The summed E-state index contributed by atoms with van der Waals surface area (Å²) in [6.45, 7) is 7.27. The lowest BCUT2D eigenvalue weighted by atomic mass is 10.1. The number of anilines is 3. The molecule has 4 rings (SSSR count). The van der Waals surface area contributed by atoms with Gasteiger partial charge in [0.2, 0.25) is 0 Å². The molecule has 3 N–H and O–H groups in total. The summed E-state index contributed by atoms with van der Waals surface area (Å²) in [5.41, 5.74) is 0.814. The molecule has 1 aliphatic rings. The van der Waals surface area contributed by atoms with Crippen LogP contribution < -0.4 is 10.6 Å². The molecule has 10 nitrogen and oxygen atoms in total. The first kappa shape index (κ1) is 23.7. The number of rotatable bonds is 7. The molecule has 0 spiro atoms. The van der Waals surface area contributed by atoms with Crippen LogP contribution in [-0.4, -0.2) is 54.6 Å². The number of nitrogens with zero attached hydrogens (tertiary/aromatic N) is 5. The van der Waals surface area contributed by atoms with E-state index in [-0.39, 0.29) is 11.3 Å². The standard InChI is InChI=1S/C23H27N7O3S/c1-15(2)27-19-11-21(25-12-16(19)7-9-23(3,4)31)28-20-8-10-24-22(29-20)17-13-26-30(14-17)34(32,33)18-5-6-18/h8,10-15,18,31H,5-6H2,1-4H3,(H2,24,25,27,28,29). The van der Waals surface area contributed by atoms with Crippen molar-refractivity contribution >= 4 is 27.3 Å². The van der Waals surface area contributed by atoms with Gasteiger partial charge in [0.05, 0.1) is 34.5 Å².